The number of hydrogen-bond acceptors (Lipinski definition) is 8. The van der Waals surface area contributed by atoms with Crippen LogP contribution in [0.2, 0.25) is 0 Å². The molecule has 0 spiro atoms. The second-order valence-electron chi connectivity index (χ2n) is 8.33. The van der Waals surface area contributed by atoms with E-state index in [0.717, 1.165) is 22.4 Å². The molecule has 0 bridgehead atoms. The van der Waals surface area contributed by atoms with Crippen molar-refractivity contribution in [1.82, 2.24) is 19.7 Å². The maximum atomic E-state index is 12.9. The number of aromatic nitrogens is 4. The number of nitrogens with one attached hydrogen (secondary N) is 2. The van der Waals surface area contributed by atoms with E-state index in [9.17, 15) is 13.2 Å². The maximum Gasteiger partial charge on any atom is 0.305 e. The molecule has 0 saturated carbocycles. The maximum absolute atomic E-state index is 12.9. The van der Waals surface area contributed by atoms with Crippen LogP contribution in [0, 0.1) is 13.8 Å². The predicted molar refractivity (Wildman–Crippen MR) is 138 cm³/mol. The molecule has 0 aliphatic carbocycles. The molecule has 0 aliphatic rings. The van der Waals surface area contributed by atoms with Gasteiger partial charge in [0.25, 0.3) is 10.0 Å². The van der Waals surface area contributed by atoms with Gasteiger partial charge in [-0.05, 0) is 49.2 Å². The summed E-state index contributed by atoms with van der Waals surface area (Å²) in [5.41, 5.74) is 3.99. The summed E-state index contributed by atoms with van der Waals surface area (Å²) >= 11 is 0. The van der Waals surface area contributed by atoms with Gasteiger partial charge in [-0.3, -0.25) is 9.48 Å². The van der Waals surface area contributed by atoms with E-state index in [4.69, 9.17) is 9.84 Å². The van der Waals surface area contributed by atoms with Gasteiger partial charge in [0, 0.05) is 37.1 Å². The van der Waals surface area contributed by atoms with Gasteiger partial charge in [-0.15, -0.1) is 0 Å². The number of ether oxygens (including phenoxy) is 1. The van der Waals surface area contributed by atoms with Crippen molar-refractivity contribution in [1.29, 1.82) is 0 Å². The smallest absolute Gasteiger partial charge is 0.305 e. The minimum Gasteiger partial charge on any atom is -0.481 e. The van der Waals surface area contributed by atoms with Gasteiger partial charge in [0.2, 0.25) is 11.8 Å². The first-order valence-corrected chi connectivity index (χ1v) is 12.8. The molecule has 0 atom stereocenters. The van der Waals surface area contributed by atoms with Gasteiger partial charge in [0.1, 0.15) is 10.6 Å². The summed E-state index contributed by atoms with van der Waals surface area (Å²) in [5, 5.41) is 15.7. The van der Waals surface area contributed by atoms with Crippen molar-refractivity contribution < 1.29 is 23.1 Å². The molecule has 0 radical (unpaired) electrons. The average Bonchev–Trinajstić information content (AvgIpc) is 3.27. The summed E-state index contributed by atoms with van der Waals surface area (Å²) in [5.74, 6) is -0.434. The summed E-state index contributed by atoms with van der Waals surface area (Å²) in [6.45, 7) is 4.18. The van der Waals surface area contributed by atoms with Gasteiger partial charge in [-0.1, -0.05) is 18.2 Å². The monoisotopic (exact) mass is 522 g/mol. The lowest BCUT2D eigenvalue weighted by molar-refractivity contribution is -0.136. The highest BCUT2D eigenvalue weighted by molar-refractivity contribution is 7.92. The van der Waals surface area contributed by atoms with Crippen LogP contribution < -0.4 is 14.8 Å². The Morgan fingerprint density at radius 1 is 1.08 bits per heavy atom. The standard InChI is InChI=1S/C25H26N6O5S/c1-16-5-4-6-17(2)24(16)21-13-22(36-19-9-7-18(8-10-19)26-12-11-23(32)33)29-25(28-21)30-37(34,35)20-14-27-31(3)15-20/h4-10,13-15,26H,11-12H2,1-3H3,(H,32,33)(H,28,29,30). The Labute approximate surface area is 214 Å². The van der Waals surface area contributed by atoms with Gasteiger partial charge in [0.05, 0.1) is 18.3 Å². The Kier molecular flexibility index (Phi) is 7.39. The average molecular weight is 523 g/mol. The molecule has 2 aromatic heterocycles. The van der Waals surface area contributed by atoms with Gasteiger partial charge in [-0.25, -0.2) is 18.1 Å². The van der Waals surface area contributed by atoms with Crippen LogP contribution in [-0.4, -0.2) is 45.8 Å². The molecule has 0 aliphatic heterocycles. The molecule has 4 rings (SSSR count). The number of hydrogen-bond donors (Lipinski definition) is 3. The second-order valence-corrected chi connectivity index (χ2v) is 10.0. The molecular formula is C25H26N6O5S. The highest BCUT2D eigenvalue weighted by Gasteiger charge is 2.20. The number of aryl methyl sites for hydroxylation is 3. The molecule has 11 nitrogen and oxygen atoms in total. The first-order chi connectivity index (χ1) is 17.6. The number of sulfonamides is 1. The summed E-state index contributed by atoms with van der Waals surface area (Å²) in [4.78, 5) is 19.4. The molecule has 12 heteroatoms. The van der Waals surface area contributed by atoms with Crippen LogP contribution in [-0.2, 0) is 21.9 Å². The van der Waals surface area contributed by atoms with Crippen LogP contribution in [0.3, 0.4) is 0 Å². The largest absolute Gasteiger partial charge is 0.481 e. The summed E-state index contributed by atoms with van der Waals surface area (Å²) < 4.78 is 35.6. The zero-order chi connectivity index (χ0) is 26.6. The Balaban J connectivity index is 1.66. The lowest BCUT2D eigenvalue weighted by Gasteiger charge is -2.14. The molecule has 37 heavy (non-hydrogen) atoms. The number of benzene rings is 2. The third-order valence-corrected chi connectivity index (χ3v) is 6.68. The zero-order valence-corrected chi connectivity index (χ0v) is 21.3. The molecule has 0 amide bonds. The molecule has 4 aromatic rings. The number of carboxylic acid groups (broad SMARTS) is 1. The fraction of sp³-hybridized carbons (Fsp3) is 0.200. The van der Waals surface area contributed by atoms with E-state index >= 15 is 0 Å². The fourth-order valence-corrected chi connectivity index (χ4v) is 4.59. The minimum absolute atomic E-state index is 0.00197. The van der Waals surface area contributed by atoms with Crippen molar-refractivity contribution in [3.8, 4) is 22.9 Å². The zero-order valence-electron chi connectivity index (χ0n) is 20.5. The lowest BCUT2D eigenvalue weighted by atomic mass is 10.00. The van der Waals surface area contributed by atoms with Crippen LogP contribution in [0.15, 0.2) is 65.8 Å². The number of anilines is 2. The van der Waals surface area contributed by atoms with Crippen LogP contribution >= 0.6 is 0 Å². The van der Waals surface area contributed by atoms with E-state index in [0.29, 0.717) is 18.0 Å². The highest BCUT2D eigenvalue weighted by atomic mass is 32.2. The number of carboxylic acids is 1. The Morgan fingerprint density at radius 3 is 2.41 bits per heavy atom. The van der Waals surface area contributed by atoms with E-state index in [2.05, 4.69) is 25.1 Å². The van der Waals surface area contributed by atoms with Crippen molar-refractivity contribution in [2.24, 2.45) is 7.05 Å². The molecule has 192 valence electrons. The molecule has 2 aromatic carbocycles. The second kappa shape index (κ2) is 10.7. The van der Waals surface area contributed by atoms with E-state index in [1.54, 1.807) is 37.4 Å². The lowest BCUT2D eigenvalue weighted by Crippen LogP contribution is -2.15. The Bertz CT molecular complexity index is 1510. The van der Waals surface area contributed by atoms with Gasteiger partial charge >= 0.3 is 5.97 Å². The van der Waals surface area contributed by atoms with E-state index in [1.807, 2.05) is 32.0 Å². The van der Waals surface area contributed by atoms with Crippen LogP contribution in [0.4, 0.5) is 11.6 Å². The van der Waals surface area contributed by atoms with Gasteiger partial charge in [-0.2, -0.15) is 10.1 Å². The number of carbonyl (C=O) groups is 1. The summed E-state index contributed by atoms with van der Waals surface area (Å²) in [7, 11) is -2.36. The molecule has 0 saturated heterocycles. The summed E-state index contributed by atoms with van der Waals surface area (Å²) in [6, 6.07) is 14.4. The van der Waals surface area contributed by atoms with Crippen molar-refractivity contribution in [3.05, 3.63) is 72.1 Å². The van der Waals surface area contributed by atoms with E-state index in [1.165, 1.54) is 17.1 Å². The van der Waals surface area contributed by atoms with Crippen molar-refractivity contribution in [2.75, 3.05) is 16.6 Å². The molecular weight excluding hydrogens is 496 g/mol. The Hall–Kier alpha value is -4.45. The van der Waals surface area contributed by atoms with Gasteiger partial charge < -0.3 is 15.2 Å². The van der Waals surface area contributed by atoms with Crippen LogP contribution in [0.5, 0.6) is 11.6 Å². The number of rotatable bonds is 10. The first-order valence-electron chi connectivity index (χ1n) is 11.3. The van der Waals surface area contributed by atoms with Crippen LogP contribution in [0.25, 0.3) is 11.3 Å². The third kappa shape index (κ3) is 6.41. The predicted octanol–water partition coefficient (Wildman–Crippen LogP) is 3.97. The van der Waals surface area contributed by atoms with Crippen LogP contribution in [0.1, 0.15) is 17.5 Å². The SMILES string of the molecule is Cc1cccc(C)c1-c1cc(Oc2ccc(NCCC(=O)O)cc2)nc(NS(=O)(=O)c2cnn(C)c2)n1. The topological polar surface area (TPSA) is 148 Å². The quantitative estimate of drug-likeness (QED) is 0.281. The van der Waals surface area contributed by atoms with E-state index < -0.39 is 16.0 Å². The molecule has 0 unspecified atom stereocenters. The first kappa shape index (κ1) is 25.6. The highest BCUT2D eigenvalue weighted by Crippen LogP contribution is 2.31. The molecule has 0 fully saturated rings. The normalized spacial score (nSPS) is 11.2. The van der Waals surface area contributed by atoms with Crippen molar-refractivity contribution in [2.45, 2.75) is 25.2 Å². The van der Waals surface area contributed by atoms with Crippen molar-refractivity contribution in [3.63, 3.8) is 0 Å². The molecule has 3 N–H and O–H groups in total. The summed E-state index contributed by atoms with van der Waals surface area (Å²) in [6.07, 6.45) is 2.61. The number of aliphatic carboxylic acids is 1. The number of nitrogens with zero attached hydrogens (tertiary/aromatic N) is 4. The van der Waals surface area contributed by atoms with E-state index in [-0.39, 0.29) is 23.1 Å². The minimum atomic E-state index is -3.99. The fourth-order valence-electron chi connectivity index (χ4n) is 3.66. The van der Waals surface area contributed by atoms with Crippen molar-refractivity contribution >= 4 is 27.6 Å². The molecule has 2 heterocycles. The Morgan fingerprint density at radius 2 is 1.78 bits per heavy atom. The third-order valence-electron chi connectivity index (χ3n) is 5.40. The van der Waals surface area contributed by atoms with Gasteiger partial charge in [0.15, 0.2) is 0 Å².